The summed E-state index contributed by atoms with van der Waals surface area (Å²) in [6.45, 7) is 3.97. The predicted octanol–water partition coefficient (Wildman–Crippen LogP) is 4.43. The van der Waals surface area contributed by atoms with Crippen LogP contribution in [0.1, 0.15) is 25.8 Å². The van der Waals surface area contributed by atoms with Crippen molar-refractivity contribution >= 4 is 45.5 Å². The van der Waals surface area contributed by atoms with E-state index >= 15 is 0 Å². The van der Waals surface area contributed by atoms with E-state index in [0.717, 1.165) is 23.5 Å². The Hall–Kier alpha value is -3.00. The molecule has 1 atom stereocenters. The Morgan fingerprint density at radius 1 is 1.17 bits per heavy atom. The molecule has 150 valence electrons. The van der Waals surface area contributed by atoms with Gasteiger partial charge in [-0.25, -0.2) is 14.1 Å². The van der Waals surface area contributed by atoms with Crippen LogP contribution in [0.2, 0.25) is 0 Å². The van der Waals surface area contributed by atoms with Crippen LogP contribution >= 0.6 is 15.9 Å². The first kappa shape index (κ1) is 20.7. The van der Waals surface area contributed by atoms with Gasteiger partial charge >= 0.3 is 6.03 Å². The maximum atomic E-state index is 13.2. The first-order chi connectivity index (χ1) is 13.8. The smallest absolute Gasteiger partial charge is 0.335 e. The molecular weight excluding hydrogens is 443 g/mol. The van der Waals surface area contributed by atoms with Gasteiger partial charge in [-0.05, 0) is 77.3 Å². The van der Waals surface area contributed by atoms with Gasteiger partial charge in [0.2, 0.25) is 0 Å². The quantitative estimate of drug-likeness (QED) is 0.528. The molecule has 1 aliphatic rings. The molecule has 2 aromatic carbocycles. The second kappa shape index (κ2) is 8.57. The second-order valence-corrected chi connectivity index (χ2v) is 7.32. The Balaban J connectivity index is 1.92. The van der Waals surface area contributed by atoms with Gasteiger partial charge in [-0.2, -0.15) is 0 Å². The zero-order valence-corrected chi connectivity index (χ0v) is 17.3. The lowest BCUT2D eigenvalue weighted by molar-refractivity contribution is -0.122. The summed E-state index contributed by atoms with van der Waals surface area (Å²) in [4.78, 5) is 38.0. The number of amides is 4. The van der Waals surface area contributed by atoms with Gasteiger partial charge in [0.25, 0.3) is 11.8 Å². The van der Waals surface area contributed by atoms with Gasteiger partial charge in [0, 0.05) is 0 Å². The highest BCUT2D eigenvalue weighted by Gasteiger charge is 2.36. The summed E-state index contributed by atoms with van der Waals surface area (Å²) in [5, 5.41) is 2.13. The largest absolute Gasteiger partial charge is 0.490 e. The van der Waals surface area contributed by atoms with Gasteiger partial charge < -0.3 is 4.74 Å². The Morgan fingerprint density at radius 2 is 1.86 bits per heavy atom. The lowest BCUT2D eigenvalue weighted by Gasteiger charge is -2.26. The highest BCUT2D eigenvalue weighted by Crippen LogP contribution is 2.29. The Kier molecular flexibility index (Phi) is 6.12. The molecule has 2 aromatic rings. The van der Waals surface area contributed by atoms with Crippen LogP contribution < -0.4 is 15.0 Å². The van der Waals surface area contributed by atoms with Crippen LogP contribution in [-0.2, 0) is 9.59 Å². The zero-order chi connectivity index (χ0) is 21.1. The predicted molar refractivity (Wildman–Crippen MR) is 110 cm³/mol. The average Bonchev–Trinajstić information content (AvgIpc) is 2.68. The molecule has 29 heavy (non-hydrogen) atoms. The number of urea groups is 1. The lowest BCUT2D eigenvalue weighted by Crippen LogP contribution is -2.54. The highest BCUT2D eigenvalue weighted by molar-refractivity contribution is 9.10. The summed E-state index contributed by atoms with van der Waals surface area (Å²) in [5.41, 5.74) is 0.516. The van der Waals surface area contributed by atoms with E-state index < -0.39 is 23.7 Å². The molecule has 0 saturated carbocycles. The number of anilines is 1. The second-order valence-electron chi connectivity index (χ2n) is 6.46. The molecule has 1 fully saturated rings. The summed E-state index contributed by atoms with van der Waals surface area (Å²) in [7, 11) is 0. The van der Waals surface area contributed by atoms with E-state index in [4.69, 9.17) is 4.74 Å². The maximum absolute atomic E-state index is 13.2. The monoisotopic (exact) mass is 460 g/mol. The van der Waals surface area contributed by atoms with Crippen LogP contribution in [0.5, 0.6) is 5.75 Å². The lowest BCUT2D eigenvalue weighted by atomic mass is 10.1. The summed E-state index contributed by atoms with van der Waals surface area (Å²) in [6.07, 6.45) is 2.27. The number of hydrogen-bond acceptors (Lipinski definition) is 4. The minimum atomic E-state index is -0.887. The van der Waals surface area contributed by atoms with Crippen molar-refractivity contribution in [1.29, 1.82) is 0 Å². The third kappa shape index (κ3) is 4.54. The van der Waals surface area contributed by atoms with Gasteiger partial charge in [-0.15, -0.1) is 0 Å². The number of ether oxygens (including phenoxy) is 1. The number of carbonyl (C=O) groups excluding carboxylic acids is 3. The van der Waals surface area contributed by atoms with Crippen molar-refractivity contribution in [3.8, 4) is 5.75 Å². The molecule has 4 amide bonds. The number of nitrogens with one attached hydrogen (secondary N) is 1. The van der Waals surface area contributed by atoms with E-state index in [-0.39, 0.29) is 17.4 Å². The van der Waals surface area contributed by atoms with Crippen molar-refractivity contribution in [3.63, 3.8) is 0 Å². The van der Waals surface area contributed by atoms with E-state index in [0.29, 0.717) is 15.8 Å². The van der Waals surface area contributed by atoms with E-state index in [1.54, 1.807) is 18.2 Å². The SMILES string of the molecule is CC[C@H](C)Oc1ccc(/C=C2\C(=O)NC(=O)N(c3ccc(F)cc3)C2=O)cc1Br. The standard InChI is InChI=1S/C21H18BrFN2O4/c1-3-12(2)29-18-9-4-13(11-17(18)22)10-16-19(26)24-21(28)25(20(16)27)15-7-5-14(23)6-8-15/h4-12H,3H2,1-2H3,(H,24,26,28)/b16-10+/t12-/m0/s1. The van der Waals surface area contributed by atoms with E-state index in [2.05, 4.69) is 21.2 Å². The van der Waals surface area contributed by atoms with Crippen LogP contribution in [0, 0.1) is 5.82 Å². The number of halogens is 2. The van der Waals surface area contributed by atoms with Gasteiger partial charge in [-0.1, -0.05) is 13.0 Å². The van der Waals surface area contributed by atoms with Crippen molar-refractivity contribution in [3.05, 3.63) is 63.9 Å². The zero-order valence-electron chi connectivity index (χ0n) is 15.7. The third-order valence-corrected chi connectivity index (χ3v) is 4.98. The molecule has 0 aromatic heterocycles. The number of nitrogens with zero attached hydrogens (tertiary/aromatic N) is 1. The molecular formula is C21H18BrFN2O4. The summed E-state index contributed by atoms with van der Waals surface area (Å²) in [6, 6.07) is 9.10. The first-order valence-corrected chi connectivity index (χ1v) is 9.72. The van der Waals surface area contributed by atoms with Crippen molar-refractivity contribution in [2.75, 3.05) is 4.90 Å². The number of barbiturate groups is 1. The van der Waals surface area contributed by atoms with Gasteiger partial charge in [-0.3, -0.25) is 14.9 Å². The van der Waals surface area contributed by atoms with Crippen molar-refractivity contribution in [1.82, 2.24) is 5.32 Å². The highest BCUT2D eigenvalue weighted by atomic mass is 79.9. The van der Waals surface area contributed by atoms with E-state index in [1.165, 1.54) is 18.2 Å². The molecule has 0 radical (unpaired) electrons. The van der Waals surface area contributed by atoms with Crippen molar-refractivity contribution in [2.45, 2.75) is 26.4 Å². The molecule has 1 saturated heterocycles. The molecule has 8 heteroatoms. The van der Waals surface area contributed by atoms with E-state index in [1.807, 2.05) is 13.8 Å². The fourth-order valence-electron chi connectivity index (χ4n) is 2.65. The maximum Gasteiger partial charge on any atom is 0.335 e. The molecule has 0 bridgehead atoms. The normalized spacial score (nSPS) is 16.8. The third-order valence-electron chi connectivity index (χ3n) is 4.36. The molecule has 0 unspecified atom stereocenters. The number of hydrogen-bond donors (Lipinski definition) is 1. The Bertz CT molecular complexity index is 1000. The Labute approximate surface area is 175 Å². The number of carbonyl (C=O) groups is 3. The van der Waals surface area contributed by atoms with Crippen molar-refractivity contribution < 1.29 is 23.5 Å². The van der Waals surface area contributed by atoms with Crippen LogP contribution in [-0.4, -0.2) is 23.9 Å². The molecule has 3 rings (SSSR count). The summed E-state index contributed by atoms with van der Waals surface area (Å²) < 4.78 is 19.6. The van der Waals surface area contributed by atoms with Crippen LogP contribution in [0.15, 0.2) is 52.5 Å². The Morgan fingerprint density at radius 3 is 2.48 bits per heavy atom. The number of rotatable bonds is 5. The van der Waals surface area contributed by atoms with Crippen LogP contribution in [0.25, 0.3) is 6.08 Å². The molecule has 1 heterocycles. The first-order valence-electron chi connectivity index (χ1n) is 8.93. The molecule has 6 nitrogen and oxygen atoms in total. The minimum absolute atomic E-state index is 0.0384. The van der Waals surface area contributed by atoms with Gasteiger partial charge in [0.05, 0.1) is 16.3 Å². The average molecular weight is 461 g/mol. The molecule has 0 aliphatic carbocycles. The van der Waals surface area contributed by atoms with Gasteiger partial charge in [0.1, 0.15) is 17.1 Å². The van der Waals surface area contributed by atoms with Crippen LogP contribution in [0.3, 0.4) is 0 Å². The van der Waals surface area contributed by atoms with Gasteiger partial charge in [0.15, 0.2) is 0 Å². The van der Waals surface area contributed by atoms with E-state index in [9.17, 15) is 18.8 Å². The van der Waals surface area contributed by atoms with Crippen molar-refractivity contribution in [2.24, 2.45) is 0 Å². The fraction of sp³-hybridized carbons (Fsp3) is 0.190. The van der Waals surface area contributed by atoms with Crippen LogP contribution in [0.4, 0.5) is 14.9 Å². The summed E-state index contributed by atoms with van der Waals surface area (Å²) in [5.74, 6) is -1.45. The summed E-state index contributed by atoms with van der Waals surface area (Å²) >= 11 is 3.43. The fourth-order valence-corrected chi connectivity index (χ4v) is 3.14. The number of benzene rings is 2. The number of imide groups is 2. The molecule has 1 aliphatic heterocycles. The molecule has 0 spiro atoms. The minimum Gasteiger partial charge on any atom is -0.490 e. The molecule has 1 N–H and O–H groups in total. The topological polar surface area (TPSA) is 75.7 Å².